The van der Waals surface area contributed by atoms with E-state index in [0.29, 0.717) is 35.5 Å². The highest BCUT2D eigenvalue weighted by Crippen LogP contribution is 2.43. The minimum absolute atomic E-state index is 0.245. The molecule has 0 unspecified atom stereocenters. The van der Waals surface area contributed by atoms with E-state index < -0.39 is 5.60 Å². The molecule has 0 saturated heterocycles. The van der Waals surface area contributed by atoms with E-state index in [9.17, 15) is 9.59 Å². The molecule has 0 atom stereocenters. The van der Waals surface area contributed by atoms with E-state index in [1.807, 2.05) is 12.1 Å². The van der Waals surface area contributed by atoms with Crippen LogP contribution >= 0.6 is 0 Å². The number of methoxy groups -OCH3 is 2. The van der Waals surface area contributed by atoms with Crippen LogP contribution in [0.2, 0.25) is 0 Å². The van der Waals surface area contributed by atoms with Gasteiger partial charge in [0.2, 0.25) is 0 Å². The van der Waals surface area contributed by atoms with Crippen molar-refractivity contribution in [1.82, 2.24) is 5.32 Å². The topological polar surface area (TPSA) is 73.9 Å². The number of nitrogens with one attached hydrogen (secondary N) is 1. The lowest BCUT2D eigenvalue weighted by molar-refractivity contribution is -0.148. The SMILES string of the molecule is COc1cccc(CNC(=O)C2=C(C)C(=O)OC23CCCCCC3)c1OC. The quantitative estimate of drug-likeness (QED) is 0.802. The van der Waals surface area contributed by atoms with Gasteiger partial charge in [-0.2, -0.15) is 0 Å². The fourth-order valence-corrected chi connectivity index (χ4v) is 4.13. The van der Waals surface area contributed by atoms with Gasteiger partial charge >= 0.3 is 5.97 Å². The number of rotatable bonds is 5. The zero-order valence-corrected chi connectivity index (χ0v) is 16.2. The summed E-state index contributed by atoms with van der Waals surface area (Å²) < 4.78 is 16.5. The molecule has 1 N–H and O–H groups in total. The van der Waals surface area contributed by atoms with Gasteiger partial charge in [0.25, 0.3) is 5.91 Å². The molecule has 1 saturated carbocycles. The Morgan fingerprint density at radius 1 is 1.15 bits per heavy atom. The summed E-state index contributed by atoms with van der Waals surface area (Å²) in [5.74, 6) is 0.583. The highest BCUT2D eigenvalue weighted by atomic mass is 16.6. The van der Waals surface area contributed by atoms with Gasteiger partial charge in [-0.05, 0) is 38.7 Å². The molecule has 3 rings (SSSR count). The first-order valence-electron chi connectivity index (χ1n) is 9.45. The second-order valence-electron chi connectivity index (χ2n) is 7.13. The predicted molar refractivity (Wildman–Crippen MR) is 101 cm³/mol. The van der Waals surface area contributed by atoms with Gasteiger partial charge in [-0.3, -0.25) is 4.79 Å². The van der Waals surface area contributed by atoms with E-state index in [2.05, 4.69) is 5.32 Å². The summed E-state index contributed by atoms with van der Waals surface area (Å²) in [6.45, 7) is 1.96. The van der Waals surface area contributed by atoms with Crippen molar-refractivity contribution in [2.24, 2.45) is 0 Å². The third-order valence-electron chi connectivity index (χ3n) is 5.49. The smallest absolute Gasteiger partial charge is 0.335 e. The summed E-state index contributed by atoms with van der Waals surface area (Å²) in [6.07, 6.45) is 5.55. The highest BCUT2D eigenvalue weighted by Gasteiger charge is 2.48. The number of carbonyl (C=O) groups excluding carboxylic acids is 2. The van der Waals surface area contributed by atoms with Crippen LogP contribution in [0.1, 0.15) is 51.0 Å². The maximum absolute atomic E-state index is 13.0. The molecule has 1 aromatic rings. The van der Waals surface area contributed by atoms with Gasteiger partial charge in [0, 0.05) is 17.7 Å². The second kappa shape index (κ2) is 8.03. The molecule has 1 spiro atoms. The van der Waals surface area contributed by atoms with Gasteiger partial charge in [0.15, 0.2) is 11.5 Å². The van der Waals surface area contributed by atoms with Crippen molar-refractivity contribution in [2.75, 3.05) is 14.2 Å². The van der Waals surface area contributed by atoms with Crippen molar-refractivity contribution >= 4 is 11.9 Å². The van der Waals surface area contributed by atoms with Gasteiger partial charge in [-0.1, -0.05) is 25.0 Å². The van der Waals surface area contributed by atoms with Crippen molar-refractivity contribution < 1.29 is 23.8 Å². The Kier molecular flexibility index (Phi) is 5.73. The molecule has 0 bridgehead atoms. The van der Waals surface area contributed by atoms with Crippen LogP contribution in [0, 0.1) is 0 Å². The number of esters is 1. The van der Waals surface area contributed by atoms with Gasteiger partial charge in [0.1, 0.15) is 5.60 Å². The first-order chi connectivity index (χ1) is 13.0. The van der Waals surface area contributed by atoms with Crippen LogP contribution < -0.4 is 14.8 Å². The Hall–Kier alpha value is -2.50. The van der Waals surface area contributed by atoms with Crippen molar-refractivity contribution in [1.29, 1.82) is 0 Å². The largest absolute Gasteiger partial charge is 0.493 e. The number of hydrogen-bond donors (Lipinski definition) is 1. The summed E-state index contributed by atoms with van der Waals surface area (Å²) in [5.41, 5.74) is 0.965. The Labute approximate surface area is 159 Å². The summed E-state index contributed by atoms with van der Waals surface area (Å²) in [4.78, 5) is 25.3. The first kappa shape index (κ1) is 19.3. The predicted octanol–water partition coefficient (Wildman–Crippen LogP) is 3.29. The van der Waals surface area contributed by atoms with Gasteiger partial charge < -0.3 is 19.5 Å². The van der Waals surface area contributed by atoms with Crippen LogP contribution in [0.5, 0.6) is 11.5 Å². The van der Waals surface area contributed by atoms with Crippen molar-refractivity contribution in [3.05, 3.63) is 34.9 Å². The molecular weight excluding hydrogens is 346 g/mol. The molecule has 1 amide bonds. The molecule has 1 fully saturated rings. The number of carbonyl (C=O) groups is 2. The van der Waals surface area contributed by atoms with Gasteiger partial charge in [0.05, 0.1) is 19.8 Å². The maximum atomic E-state index is 13.0. The molecule has 146 valence electrons. The molecule has 27 heavy (non-hydrogen) atoms. The molecule has 1 heterocycles. The number of ether oxygens (including phenoxy) is 3. The van der Waals surface area contributed by atoms with E-state index in [0.717, 1.165) is 31.2 Å². The zero-order valence-electron chi connectivity index (χ0n) is 16.2. The Morgan fingerprint density at radius 3 is 2.48 bits per heavy atom. The lowest BCUT2D eigenvalue weighted by atomic mass is 9.84. The number of amides is 1. The molecule has 2 aliphatic rings. The van der Waals surface area contributed by atoms with E-state index >= 15 is 0 Å². The van der Waals surface area contributed by atoms with Crippen LogP contribution in [0.25, 0.3) is 0 Å². The lowest BCUT2D eigenvalue weighted by Crippen LogP contribution is -2.39. The molecule has 6 nitrogen and oxygen atoms in total. The maximum Gasteiger partial charge on any atom is 0.335 e. The molecule has 1 aliphatic heterocycles. The van der Waals surface area contributed by atoms with Crippen molar-refractivity contribution in [2.45, 2.75) is 57.6 Å². The first-order valence-corrected chi connectivity index (χ1v) is 9.45. The van der Waals surface area contributed by atoms with Crippen LogP contribution in [0.4, 0.5) is 0 Å². The molecule has 0 aromatic heterocycles. The van der Waals surface area contributed by atoms with E-state index in [1.54, 1.807) is 27.2 Å². The Bertz CT molecular complexity index is 760. The summed E-state index contributed by atoms with van der Waals surface area (Å²) >= 11 is 0. The van der Waals surface area contributed by atoms with Crippen LogP contribution in [-0.2, 0) is 20.9 Å². The fourth-order valence-electron chi connectivity index (χ4n) is 4.13. The van der Waals surface area contributed by atoms with Crippen LogP contribution in [-0.4, -0.2) is 31.7 Å². The minimum atomic E-state index is -0.764. The van der Waals surface area contributed by atoms with Crippen molar-refractivity contribution in [3.8, 4) is 11.5 Å². The molecule has 6 heteroatoms. The standard InChI is InChI=1S/C21H27NO5/c1-14-17(21(27-20(14)24)11-6-4-5-7-12-21)19(23)22-13-15-9-8-10-16(25-2)18(15)26-3/h8-10H,4-7,11-13H2,1-3H3,(H,22,23). The number of benzene rings is 1. The van der Waals surface area contributed by atoms with Gasteiger partial charge in [-0.15, -0.1) is 0 Å². The highest BCUT2D eigenvalue weighted by molar-refractivity contribution is 6.07. The number of para-hydroxylation sites is 1. The van der Waals surface area contributed by atoms with E-state index in [-0.39, 0.29) is 18.4 Å². The monoisotopic (exact) mass is 373 g/mol. The lowest BCUT2D eigenvalue weighted by Gasteiger charge is -2.29. The van der Waals surface area contributed by atoms with Crippen LogP contribution in [0.15, 0.2) is 29.3 Å². The zero-order chi connectivity index (χ0) is 19.4. The molecule has 0 radical (unpaired) electrons. The van der Waals surface area contributed by atoms with E-state index in [1.165, 1.54) is 0 Å². The Balaban J connectivity index is 1.81. The molecule has 1 aliphatic carbocycles. The average Bonchev–Trinajstić information content (AvgIpc) is 2.81. The normalized spacial score (nSPS) is 18.9. The minimum Gasteiger partial charge on any atom is -0.493 e. The Morgan fingerprint density at radius 2 is 1.85 bits per heavy atom. The second-order valence-corrected chi connectivity index (χ2v) is 7.13. The third-order valence-corrected chi connectivity index (χ3v) is 5.49. The van der Waals surface area contributed by atoms with E-state index in [4.69, 9.17) is 14.2 Å². The summed E-state index contributed by atoms with van der Waals surface area (Å²) in [5, 5.41) is 2.95. The van der Waals surface area contributed by atoms with Crippen molar-refractivity contribution in [3.63, 3.8) is 0 Å². The average molecular weight is 373 g/mol. The summed E-state index contributed by atoms with van der Waals surface area (Å²) in [6, 6.07) is 5.53. The fraction of sp³-hybridized carbons (Fsp3) is 0.524. The third kappa shape index (κ3) is 3.66. The molecular formula is C21H27NO5. The number of hydrogen-bond acceptors (Lipinski definition) is 5. The summed E-state index contributed by atoms with van der Waals surface area (Å²) in [7, 11) is 3.14. The molecule has 1 aromatic carbocycles. The van der Waals surface area contributed by atoms with Crippen LogP contribution in [0.3, 0.4) is 0 Å². The van der Waals surface area contributed by atoms with Gasteiger partial charge in [-0.25, -0.2) is 4.79 Å².